The molecular formula is C13H25NO2. The lowest BCUT2D eigenvalue weighted by molar-refractivity contribution is -0.148. The van der Waals surface area contributed by atoms with Crippen LogP contribution in [0.25, 0.3) is 0 Å². The highest BCUT2D eigenvalue weighted by Crippen LogP contribution is 2.26. The minimum Gasteiger partial charge on any atom is -0.466 e. The molecular weight excluding hydrogens is 202 g/mol. The monoisotopic (exact) mass is 227 g/mol. The van der Waals surface area contributed by atoms with Crippen LogP contribution in [0.2, 0.25) is 0 Å². The Bertz CT molecular complexity index is 216. The molecule has 2 atom stereocenters. The number of rotatable bonds is 6. The van der Waals surface area contributed by atoms with Crippen molar-refractivity contribution in [2.24, 2.45) is 11.8 Å². The fourth-order valence-electron chi connectivity index (χ4n) is 2.29. The standard InChI is InChI=1S/C13H25NO2/c1-4-16-13(15)11-6-5-7-12(11)14-9-8-10(2)3/h10-12,14H,4-9H2,1-3H3/t11-,12-/m0/s1. The number of carbonyl (C=O) groups is 1. The van der Waals surface area contributed by atoms with Crippen molar-refractivity contribution in [2.75, 3.05) is 13.2 Å². The number of hydrogen-bond acceptors (Lipinski definition) is 3. The first-order chi connectivity index (χ1) is 7.65. The Labute approximate surface area is 98.9 Å². The van der Waals surface area contributed by atoms with E-state index in [0.29, 0.717) is 12.6 Å². The summed E-state index contributed by atoms with van der Waals surface area (Å²) in [4.78, 5) is 11.7. The van der Waals surface area contributed by atoms with Crippen LogP contribution in [0.3, 0.4) is 0 Å². The molecule has 0 unspecified atom stereocenters. The second-order valence-corrected chi connectivity index (χ2v) is 5.03. The van der Waals surface area contributed by atoms with Gasteiger partial charge in [-0.3, -0.25) is 4.79 Å². The average Bonchev–Trinajstić information content (AvgIpc) is 2.66. The number of nitrogens with one attached hydrogen (secondary N) is 1. The fraction of sp³-hybridized carbons (Fsp3) is 0.923. The van der Waals surface area contributed by atoms with Gasteiger partial charge in [0.15, 0.2) is 0 Å². The summed E-state index contributed by atoms with van der Waals surface area (Å²) in [5.74, 6) is 0.795. The zero-order valence-corrected chi connectivity index (χ0v) is 10.8. The van der Waals surface area contributed by atoms with Crippen molar-refractivity contribution < 1.29 is 9.53 Å². The van der Waals surface area contributed by atoms with Crippen LogP contribution in [-0.4, -0.2) is 25.2 Å². The molecule has 0 aromatic carbocycles. The second-order valence-electron chi connectivity index (χ2n) is 5.03. The predicted octanol–water partition coefficient (Wildman–Crippen LogP) is 2.35. The zero-order chi connectivity index (χ0) is 12.0. The van der Waals surface area contributed by atoms with Gasteiger partial charge in [-0.2, -0.15) is 0 Å². The first kappa shape index (κ1) is 13.5. The van der Waals surface area contributed by atoms with E-state index in [2.05, 4.69) is 19.2 Å². The average molecular weight is 227 g/mol. The van der Waals surface area contributed by atoms with Crippen molar-refractivity contribution in [3.63, 3.8) is 0 Å². The van der Waals surface area contributed by atoms with Crippen molar-refractivity contribution in [1.82, 2.24) is 5.32 Å². The SMILES string of the molecule is CCOC(=O)[C@H]1CCC[C@@H]1NCCC(C)C. The van der Waals surface area contributed by atoms with E-state index < -0.39 is 0 Å². The minimum atomic E-state index is -0.0120. The lowest BCUT2D eigenvalue weighted by Gasteiger charge is -2.20. The van der Waals surface area contributed by atoms with Crippen LogP contribution in [0, 0.1) is 11.8 Å². The van der Waals surface area contributed by atoms with Crippen molar-refractivity contribution in [2.45, 2.75) is 52.5 Å². The zero-order valence-electron chi connectivity index (χ0n) is 10.8. The predicted molar refractivity (Wildman–Crippen MR) is 65.2 cm³/mol. The second kappa shape index (κ2) is 6.89. The minimum absolute atomic E-state index is 0.0120. The van der Waals surface area contributed by atoms with Crippen LogP contribution < -0.4 is 5.32 Å². The van der Waals surface area contributed by atoms with Gasteiger partial charge in [-0.25, -0.2) is 0 Å². The van der Waals surface area contributed by atoms with Gasteiger partial charge in [-0.1, -0.05) is 20.3 Å². The molecule has 1 aliphatic carbocycles. The topological polar surface area (TPSA) is 38.3 Å². The number of ether oxygens (including phenoxy) is 1. The molecule has 3 nitrogen and oxygen atoms in total. The van der Waals surface area contributed by atoms with Gasteiger partial charge in [0.05, 0.1) is 12.5 Å². The van der Waals surface area contributed by atoms with Crippen molar-refractivity contribution >= 4 is 5.97 Å². The van der Waals surface area contributed by atoms with E-state index in [1.807, 2.05) is 6.92 Å². The van der Waals surface area contributed by atoms with E-state index in [0.717, 1.165) is 31.7 Å². The molecule has 94 valence electrons. The summed E-state index contributed by atoms with van der Waals surface area (Å²) in [5, 5.41) is 3.50. The maximum atomic E-state index is 11.7. The maximum Gasteiger partial charge on any atom is 0.310 e. The number of carbonyl (C=O) groups excluding carboxylic acids is 1. The van der Waals surface area contributed by atoms with E-state index in [-0.39, 0.29) is 11.9 Å². The molecule has 0 amide bonds. The Hall–Kier alpha value is -0.570. The molecule has 0 aliphatic heterocycles. The molecule has 0 spiro atoms. The molecule has 1 N–H and O–H groups in total. The van der Waals surface area contributed by atoms with Gasteiger partial charge < -0.3 is 10.1 Å². The van der Waals surface area contributed by atoms with E-state index >= 15 is 0 Å². The van der Waals surface area contributed by atoms with Gasteiger partial charge in [0.25, 0.3) is 0 Å². The lowest BCUT2D eigenvalue weighted by Crippen LogP contribution is -2.38. The molecule has 1 saturated carbocycles. The summed E-state index contributed by atoms with van der Waals surface area (Å²) < 4.78 is 5.10. The quantitative estimate of drug-likeness (QED) is 0.708. The third kappa shape index (κ3) is 4.12. The Kier molecular flexibility index (Phi) is 5.81. The summed E-state index contributed by atoms with van der Waals surface area (Å²) in [5.41, 5.74) is 0. The molecule has 0 saturated heterocycles. The van der Waals surface area contributed by atoms with E-state index in [9.17, 15) is 4.79 Å². The molecule has 16 heavy (non-hydrogen) atoms. The molecule has 0 radical (unpaired) electrons. The van der Waals surface area contributed by atoms with Gasteiger partial charge in [-0.05, 0) is 38.6 Å². The molecule has 3 heteroatoms. The van der Waals surface area contributed by atoms with Gasteiger partial charge in [-0.15, -0.1) is 0 Å². The van der Waals surface area contributed by atoms with Crippen molar-refractivity contribution in [3.05, 3.63) is 0 Å². The van der Waals surface area contributed by atoms with Crippen LogP contribution >= 0.6 is 0 Å². The smallest absolute Gasteiger partial charge is 0.310 e. The number of esters is 1. The highest BCUT2D eigenvalue weighted by molar-refractivity contribution is 5.73. The Balaban J connectivity index is 2.31. The molecule has 1 fully saturated rings. The number of hydrogen-bond donors (Lipinski definition) is 1. The van der Waals surface area contributed by atoms with E-state index in [1.165, 1.54) is 6.42 Å². The molecule has 0 aromatic heterocycles. The fourth-order valence-corrected chi connectivity index (χ4v) is 2.29. The largest absolute Gasteiger partial charge is 0.466 e. The Morgan fingerprint density at radius 2 is 2.19 bits per heavy atom. The first-order valence-corrected chi connectivity index (χ1v) is 6.55. The van der Waals surface area contributed by atoms with E-state index in [1.54, 1.807) is 0 Å². The Morgan fingerprint density at radius 1 is 1.44 bits per heavy atom. The molecule has 1 rings (SSSR count). The van der Waals surface area contributed by atoms with Crippen LogP contribution in [0.15, 0.2) is 0 Å². The Morgan fingerprint density at radius 3 is 2.81 bits per heavy atom. The summed E-state index contributed by atoms with van der Waals surface area (Å²) in [6.45, 7) is 7.82. The van der Waals surface area contributed by atoms with Gasteiger partial charge in [0.1, 0.15) is 0 Å². The van der Waals surface area contributed by atoms with E-state index in [4.69, 9.17) is 4.74 Å². The third-order valence-corrected chi connectivity index (χ3v) is 3.23. The van der Waals surface area contributed by atoms with Crippen molar-refractivity contribution in [1.29, 1.82) is 0 Å². The maximum absolute atomic E-state index is 11.7. The van der Waals surface area contributed by atoms with Crippen LogP contribution in [0.1, 0.15) is 46.5 Å². The van der Waals surface area contributed by atoms with Gasteiger partial charge in [0.2, 0.25) is 0 Å². The summed E-state index contributed by atoms with van der Waals surface area (Å²) in [7, 11) is 0. The third-order valence-electron chi connectivity index (χ3n) is 3.23. The highest BCUT2D eigenvalue weighted by atomic mass is 16.5. The summed E-state index contributed by atoms with van der Waals surface area (Å²) in [6.07, 6.45) is 4.41. The molecule has 0 aromatic rings. The normalized spacial score (nSPS) is 25.0. The summed E-state index contributed by atoms with van der Waals surface area (Å²) in [6, 6.07) is 0.345. The van der Waals surface area contributed by atoms with Gasteiger partial charge >= 0.3 is 5.97 Å². The molecule has 1 aliphatic rings. The molecule has 0 bridgehead atoms. The first-order valence-electron chi connectivity index (χ1n) is 6.55. The molecule has 0 heterocycles. The lowest BCUT2D eigenvalue weighted by atomic mass is 10.0. The highest BCUT2D eigenvalue weighted by Gasteiger charge is 2.33. The van der Waals surface area contributed by atoms with Crippen molar-refractivity contribution in [3.8, 4) is 0 Å². The summed E-state index contributed by atoms with van der Waals surface area (Å²) >= 11 is 0. The van der Waals surface area contributed by atoms with Crippen LogP contribution in [0.4, 0.5) is 0 Å². The van der Waals surface area contributed by atoms with Gasteiger partial charge in [0, 0.05) is 6.04 Å². The van der Waals surface area contributed by atoms with Crippen LogP contribution in [-0.2, 0) is 9.53 Å². The van der Waals surface area contributed by atoms with Crippen LogP contribution in [0.5, 0.6) is 0 Å².